The first kappa shape index (κ1) is 22.3. The van der Waals surface area contributed by atoms with Gasteiger partial charge in [-0.05, 0) is 39.3 Å². The van der Waals surface area contributed by atoms with E-state index in [0.717, 1.165) is 12.8 Å². The molecule has 0 bridgehead atoms. The molecule has 11 heteroatoms. The topological polar surface area (TPSA) is 93.0 Å². The van der Waals surface area contributed by atoms with Crippen LogP contribution < -0.4 is 11.2 Å². The van der Waals surface area contributed by atoms with Gasteiger partial charge in [-0.3, -0.25) is 24.0 Å². The number of nitrogens with zero attached hydrogens (tertiary/aromatic N) is 4. The maximum atomic E-state index is 12.7. The van der Waals surface area contributed by atoms with Gasteiger partial charge in [0.05, 0.1) is 6.54 Å². The number of rotatable bonds is 7. The van der Waals surface area contributed by atoms with E-state index in [2.05, 4.69) is 9.97 Å². The van der Waals surface area contributed by atoms with Crippen molar-refractivity contribution in [2.24, 2.45) is 5.92 Å². The second kappa shape index (κ2) is 8.75. The van der Waals surface area contributed by atoms with Gasteiger partial charge < -0.3 is 4.57 Å². The van der Waals surface area contributed by atoms with Crippen molar-refractivity contribution in [1.82, 2.24) is 24.0 Å². The number of alkyl halides is 3. The monoisotopic (exact) mass is 429 g/mol. The Kier molecular flexibility index (Phi) is 6.49. The molecular weight excluding hydrogens is 403 g/mol. The number of carbonyl (C=O) groups excluding carboxylic acids is 1. The number of unbranched alkanes of at least 4 members (excludes halogenated alkanes) is 1. The quantitative estimate of drug-likeness (QED) is 0.727. The van der Waals surface area contributed by atoms with Crippen LogP contribution in [0.15, 0.2) is 9.59 Å². The molecule has 0 saturated carbocycles. The lowest BCUT2D eigenvalue weighted by Crippen LogP contribution is -2.40. The summed E-state index contributed by atoms with van der Waals surface area (Å²) in [6.07, 6.45) is -2.90. The number of hydrogen-bond acceptors (Lipinski definition) is 5. The first-order valence-corrected chi connectivity index (χ1v) is 10.2. The number of nitrogens with one attached hydrogen (secondary N) is 1. The van der Waals surface area contributed by atoms with Crippen LogP contribution in [0.5, 0.6) is 0 Å². The standard InChI is InChI=1S/C19H26F3N5O3/c1-3-5-8-27-16-14(17(29)24-18(27)30)26(4-2)13(23-16)11-25-9-6-12(7-10-25)15(28)19(20,21)22/h12H,3-11H2,1-2H3,(H,24,29,30). The number of imidazole rings is 1. The zero-order valence-corrected chi connectivity index (χ0v) is 17.1. The molecule has 0 aromatic carbocycles. The van der Waals surface area contributed by atoms with Crippen molar-refractivity contribution < 1.29 is 18.0 Å². The Morgan fingerprint density at radius 1 is 1.17 bits per heavy atom. The summed E-state index contributed by atoms with van der Waals surface area (Å²) in [5, 5.41) is 0. The van der Waals surface area contributed by atoms with Crippen LogP contribution in [0.4, 0.5) is 13.2 Å². The summed E-state index contributed by atoms with van der Waals surface area (Å²) in [5.41, 5.74) is -0.348. The first-order chi connectivity index (χ1) is 14.2. The number of aromatic nitrogens is 4. The Balaban J connectivity index is 1.85. The molecule has 8 nitrogen and oxygen atoms in total. The molecule has 0 aliphatic carbocycles. The van der Waals surface area contributed by atoms with Gasteiger partial charge in [0.25, 0.3) is 5.56 Å². The molecule has 0 radical (unpaired) electrons. The smallest absolute Gasteiger partial charge is 0.321 e. The van der Waals surface area contributed by atoms with Crippen LogP contribution in [0.2, 0.25) is 0 Å². The predicted molar refractivity (Wildman–Crippen MR) is 104 cm³/mol. The molecule has 2 aromatic rings. The van der Waals surface area contributed by atoms with Gasteiger partial charge in [-0.2, -0.15) is 13.2 Å². The van der Waals surface area contributed by atoms with E-state index < -0.39 is 29.1 Å². The Morgan fingerprint density at radius 2 is 1.83 bits per heavy atom. The third-order valence-corrected chi connectivity index (χ3v) is 5.62. The van der Waals surface area contributed by atoms with E-state index in [9.17, 15) is 27.6 Å². The summed E-state index contributed by atoms with van der Waals surface area (Å²) in [6.45, 7) is 5.75. The minimum Gasteiger partial charge on any atom is -0.321 e. The Bertz CT molecular complexity index is 1030. The molecule has 30 heavy (non-hydrogen) atoms. The van der Waals surface area contributed by atoms with Crippen LogP contribution in [-0.4, -0.2) is 49.1 Å². The molecule has 1 aliphatic heterocycles. The van der Waals surface area contributed by atoms with Crippen LogP contribution in [0, 0.1) is 5.92 Å². The molecule has 3 heterocycles. The largest absolute Gasteiger partial charge is 0.450 e. The van der Waals surface area contributed by atoms with Crippen molar-refractivity contribution in [3.05, 3.63) is 26.7 Å². The highest BCUT2D eigenvalue weighted by Gasteiger charge is 2.43. The van der Waals surface area contributed by atoms with Gasteiger partial charge in [0.15, 0.2) is 11.2 Å². The van der Waals surface area contributed by atoms with Gasteiger partial charge >= 0.3 is 11.9 Å². The maximum absolute atomic E-state index is 12.7. The lowest BCUT2D eigenvalue weighted by molar-refractivity contribution is -0.177. The number of H-pyrrole nitrogens is 1. The maximum Gasteiger partial charge on any atom is 0.450 e. The molecule has 0 spiro atoms. The highest BCUT2D eigenvalue weighted by atomic mass is 19.4. The summed E-state index contributed by atoms with van der Waals surface area (Å²) >= 11 is 0. The van der Waals surface area contributed by atoms with Crippen molar-refractivity contribution in [3.8, 4) is 0 Å². The van der Waals surface area contributed by atoms with Crippen LogP contribution in [-0.2, 0) is 24.4 Å². The molecule has 0 atom stereocenters. The molecule has 3 rings (SSSR count). The second-order valence-electron chi connectivity index (χ2n) is 7.62. The average molecular weight is 429 g/mol. The highest BCUT2D eigenvalue weighted by Crippen LogP contribution is 2.28. The molecule has 2 aromatic heterocycles. The second-order valence-corrected chi connectivity index (χ2v) is 7.62. The van der Waals surface area contributed by atoms with E-state index in [1.807, 2.05) is 18.7 Å². The summed E-state index contributed by atoms with van der Waals surface area (Å²) in [6, 6.07) is 0. The summed E-state index contributed by atoms with van der Waals surface area (Å²) in [7, 11) is 0. The molecule has 0 amide bonds. The molecule has 0 unspecified atom stereocenters. The van der Waals surface area contributed by atoms with Gasteiger partial charge in [-0.25, -0.2) is 9.78 Å². The van der Waals surface area contributed by atoms with Crippen molar-refractivity contribution in [2.45, 2.75) is 65.3 Å². The number of hydrogen-bond donors (Lipinski definition) is 1. The minimum absolute atomic E-state index is 0.131. The third kappa shape index (κ3) is 4.35. The van der Waals surface area contributed by atoms with Crippen LogP contribution in [0.3, 0.4) is 0 Å². The fourth-order valence-electron chi connectivity index (χ4n) is 3.99. The van der Waals surface area contributed by atoms with Gasteiger partial charge in [-0.1, -0.05) is 13.3 Å². The van der Waals surface area contributed by atoms with Crippen LogP contribution in [0.25, 0.3) is 11.2 Å². The van der Waals surface area contributed by atoms with Crippen LogP contribution in [0.1, 0.15) is 45.4 Å². The lowest BCUT2D eigenvalue weighted by atomic mass is 9.92. The van der Waals surface area contributed by atoms with E-state index in [1.165, 1.54) is 4.57 Å². The highest BCUT2D eigenvalue weighted by molar-refractivity contribution is 5.86. The molecule has 166 valence electrons. The summed E-state index contributed by atoms with van der Waals surface area (Å²) < 4.78 is 41.2. The Morgan fingerprint density at radius 3 is 2.40 bits per heavy atom. The number of aromatic amines is 1. The molecule has 1 saturated heterocycles. The summed E-state index contributed by atoms with van der Waals surface area (Å²) in [4.78, 5) is 45.0. The van der Waals surface area contributed by atoms with E-state index in [-0.39, 0.29) is 12.8 Å². The molecule has 1 N–H and O–H groups in total. The van der Waals surface area contributed by atoms with E-state index >= 15 is 0 Å². The Hall–Kier alpha value is -2.43. The van der Waals surface area contributed by atoms with E-state index in [1.54, 1.807) is 4.57 Å². The number of piperidine rings is 1. The van der Waals surface area contributed by atoms with Gasteiger partial charge in [-0.15, -0.1) is 0 Å². The number of likely N-dealkylation sites (tertiary alicyclic amines) is 1. The number of carbonyl (C=O) groups is 1. The first-order valence-electron chi connectivity index (χ1n) is 10.2. The molecule has 1 aliphatic rings. The van der Waals surface area contributed by atoms with Gasteiger partial charge in [0.1, 0.15) is 5.82 Å². The fraction of sp³-hybridized carbons (Fsp3) is 0.684. The molecular formula is C19H26F3N5O3. The zero-order chi connectivity index (χ0) is 22.1. The predicted octanol–water partition coefficient (Wildman–Crippen LogP) is 2.05. The number of fused-ring (bicyclic) bond motifs is 1. The van der Waals surface area contributed by atoms with E-state index in [4.69, 9.17) is 0 Å². The Labute approximate surface area is 170 Å². The molecule has 1 fully saturated rings. The van der Waals surface area contributed by atoms with Crippen molar-refractivity contribution in [2.75, 3.05) is 13.1 Å². The number of aryl methyl sites for hydroxylation is 2. The summed E-state index contributed by atoms with van der Waals surface area (Å²) in [5.74, 6) is -2.09. The SMILES string of the molecule is CCCCn1c(=O)[nH]c(=O)c2c1nc(CN1CCC(C(=O)C(F)(F)F)CC1)n2CC. The van der Waals surface area contributed by atoms with Crippen molar-refractivity contribution >= 4 is 16.9 Å². The lowest BCUT2D eigenvalue weighted by Gasteiger charge is -2.31. The normalized spacial score (nSPS) is 16.4. The zero-order valence-electron chi connectivity index (χ0n) is 17.1. The van der Waals surface area contributed by atoms with Crippen molar-refractivity contribution in [1.29, 1.82) is 0 Å². The number of Topliss-reactive ketones (excluding diaryl/α,β-unsaturated/α-hetero) is 1. The third-order valence-electron chi connectivity index (χ3n) is 5.62. The number of halogens is 3. The van der Waals surface area contributed by atoms with Gasteiger partial charge in [0.2, 0.25) is 5.78 Å². The minimum atomic E-state index is -4.80. The van der Waals surface area contributed by atoms with Crippen LogP contribution >= 0.6 is 0 Å². The van der Waals surface area contributed by atoms with E-state index in [0.29, 0.717) is 49.7 Å². The average Bonchev–Trinajstić information content (AvgIpc) is 3.05. The van der Waals surface area contributed by atoms with Crippen molar-refractivity contribution in [3.63, 3.8) is 0 Å². The fourth-order valence-corrected chi connectivity index (χ4v) is 3.99. The van der Waals surface area contributed by atoms with Gasteiger partial charge in [0, 0.05) is 19.0 Å². The number of ketones is 1.